The lowest BCUT2D eigenvalue weighted by atomic mass is 10.1. The molecule has 2 atom stereocenters. The molecule has 2 aromatic heterocycles. The molecule has 2 aromatic rings. The summed E-state index contributed by atoms with van der Waals surface area (Å²) in [5, 5.41) is 2.06. The molecule has 2 unspecified atom stereocenters. The van der Waals surface area contributed by atoms with Gasteiger partial charge in [0.1, 0.15) is 5.69 Å². The van der Waals surface area contributed by atoms with Crippen molar-refractivity contribution in [1.82, 2.24) is 9.47 Å². The molecule has 0 spiro atoms. The molecule has 4 nitrogen and oxygen atoms in total. The number of carbonyl (C=O) groups excluding carboxylic acids is 1. The fraction of sp³-hybridized carbons (Fsp3) is 0.438. The number of nitrogens with two attached hydrogens (primary N) is 1. The highest BCUT2D eigenvalue weighted by molar-refractivity contribution is 7.09. The van der Waals surface area contributed by atoms with Crippen LogP contribution in [0.25, 0.3) is 0 Å². The predicted molar refractivity (Wildman–Crippen MR) is 85.5 cm³/mol. The van der Waals surface area contributed by atoms with Crippen LogP contribution in [0.3, 0.4) is 0 Å². The number of nitrogens with zero attached hydrogens (tertiary/aromatic N) is 2. The third-order valence-corrected chi connectivity index (χ3v) is 5.07. The van der Waals surface area contributed by atoms with Gasteiger partial charge in [0.25, 0.3) is 5.91 Å². The number of aromatic nitrogens is 1. The molecule has 1 amide bonds. The molecule has 0 bridgehead atoms. The summed E-state index contributed by atoms with van der Waals surface area (Å²) in [4.78, 5) is 16.0. The van der Waals surface area contributed by atoms with Crippen molar-refractivity contribution < 1.29 is 4.79 Å². The van der Waals surface area contributed by atoms with Crippen molar-refractivity contribution in [3.05, 3.63) is 46.4 Å². The van der Waals surface area contributed by atoms with Gasteiger partial charge in [-0.05, 0) is 49.4 Å². The summed E-state index contributed by atoms with van der Waals surface area (Å²) in [5.41, 5.74) is 6.53. The minimum atomic E-state index is 0.125. The second-order valence-corrected chi connectivity index (χ2v) is 6.78. The molecular weight excluding hydrogens is 282 g/mol. The first kappa shape index (κ1) is 14.4. The van der Waals surface area contributed by atoms with Crippen molar-refractivity contribution in [3.8, 4) is 0 Å². The van der Waals surface area contributed by atoms with E-state index in [4.69, 9.17) is 5.73 Å². The van der Waals surface area contributed by atoms with Crippen LogP contribution in [0.15, 0.2) is 35.8 Å². The molecule has 21 heavy (non-hydrogen) atoms. The van der Waals surface area contributed by atoms with Crippen molar-refractivity contribution >= 4 is 17.2 Å². The van der Waals surface area contributed by atoms with Gasteiger partial charge in [0.15, 0.2) is 0 Å². The number of rotatable bonds is 4. The first-order valence-corrected chi connectivity index (χ1v) is 8.25. The summed E-state index contributed by atoms with van der Waals surface area (Å²) >= 11 is 1.72. The second kappa shape index (κ2) is 6.03. The summed E-state index contributed by atoms with van der Waals surface area (Å²) in [6.07, 6.45) is 2.99. The number of thiophene rings is 1. The molecule has 1 aliphatic heterocycles. The Bertz CT molecular complexity index is 605. The van der Waals surface area contributed by atoms with E-state index in [1.165, 1.54) is 4.88 Å². The maximum absolute atomic E-state index is 12.8. The Balaban J connectivity index is 1.78. The first-order valence-electron chi connectivity index (χ1n) is 7.37. The number of likely N-dealkylation sites (tertiary alicyclic amines) is 1. The van der Waals surface area contributed by atoms with Crippen molar-refractivity contribution in [3.63, 3.8) is 0 Å². The average molecular weight is 303 g/mol. The molecule has 1 fully saturated rings. The van der Waals surface area contributed by atoms with Crippen LogP contribution in [-0.4, -0.2) is 34.5 Å². The van der Waals surface area contributed by atoms with Crippen LogP contribution in [0.4, 0.5) is 0 Å². The highest BCUT2D eigenvalue weighted by Gasteiger charge is 2.33. The van der Waals surface area contributed by atoms with E-state index in [9.17, 15) is 4.79 Å². The lowest BCUT2D eigenvalue weighted by Gasteiger charge is -2.22. The van der Waals surface area contributed by atoms with E-state index in [0.717, 1.165) is 25.2 Å². The molecule has 3 heterocycles. The molecule has 0 aliphatic carbocycles. The van der Waals surface area contributed by atoms with Crippen LogP contribution >= 0.6 is 11.3 Å². The lowest BCUT2D eigenvalue weighted by molar-refractivity contribution is 0.0733. The van der Waals surface area contributed by atoms with Gasteiger partial charge >= 0.3 is 0 Å². The van der Waals surface area contributed by atoms with Crippen LogP contribution in [0.5, 0.6) is 0 Å². The summed E-state index contributed by atoms with van der Waals surface area (Å²) in [5.74, 6) is 0.560. The largest absolute Gasteiger partial charge is 0.338 e. The number of hydrogen-bond donors (Lipinski definition) is 1. The summed E-state index contributed by atoms with van der Waals surface area (Å²) in [6.45, 7) is 4.30. The molecule has 5 heteroatoms. The SMILES string of the molecule is CC1CC(CN)CN1C(=O)c1cccn1Cc1cccs1. The van der Waals surface area contributed by atoms with Gasteiger partial charge < -0.3 is 15.2 Å². The molecule has 3 rings (SSSR count). The van der Waals surface area contributed by atoms with E-state index < -0.39 is 0 Å². The van der Waals surface area contributed by atoms with Crippen LogP contribution < -0.4 is 5.73 Å². The van der Waals surface area contributed by atoms with Gasteiger partial charge in [-0.25, -0.2) is 0 Å². The smallest absolute Gasteiger partial charge is 0.270 e. The zero-order chi connectivity index (χ0) is 14.8. The molecule has 0 radical (unpaired) electrons. The molecule has 0 aromatic carbocycles. The fourth-order valence-electron chi connectivity index (χ4n) is 3.06. The molecule has 1 aliphatic rings. The van der Waals surface area contributed by atoms with Crippen LogP contribution in [0.1, 0.15) is 28.7 Å². The summed E-state index contributed by atoms with van der Waals surface area (Å²) in [6, 6.07) is 8.28. The van der Waals surface area contributed by atoms with Crippen molar-refractivity contribution in [2.45, 2.75) is 25.9 Å². The lowest BCUT2D eigenvalue weighted by Crippen LogP contribution is -2.35. The Morgan fingerprint density at radius 2 is 2.29 bits per heavy atom. The van der Waals surface area contributed by atoms with E-state index >= 15 is 0 Å². The van der Waals surface area contributed by atoms with Crippen LogP contribution in [0, 0.1) is 5.92 Å². The van der Waals surface area contributed by atoms with E-state index in [1.807, 2.05) is 33.9 Å². The van der Waals surface area contributed by atoms with Gasteiger partial charge in [-0.3, -0.25) is 4.79 Å². The van der Waals surface area contributed by atoms with Crippen molar-refractivity contribution in [2.75, 3.05) is 13.1 Å². The zero-order valence-electron chi connectivity index (χ0n) is 12.2. The molecular formula is C16H21N3OS. The van der Waals surface area contributed by atoms with Crippen molar-refractivity contribution in [1.29, 1.82) is 0 Å². The maximum Gasteiger partial charge on any atom is 0.270 e. The van der Waals surface area contributed by atoms with Gasteiger partial charge in [0, 0.05) is 23.7 Å². The quantitative estimate of drug-likeness (QED) is 0.943. The average Bonchev–Trinajstić information content (AvgIpc) is 3.19. The Morgan fingerprint density at radius 1 is 1.43 bits per heavy atom. The Morgan fingerprint density at radius 3 is 2.95 bits per heavy atom. The minimum absolute atomic E-state index is 0.125. The first-order chi connectivity index (χ1) is 10.2. The van der Waals surface area contributed by atoms with Gasteiger partial charge in [0.05, 0.1) is 6.54 Å². The zero-order valence-corrected chi connectivity index (χ0v) is 13.1. The maximum atomic E-state index is 12.8. The Labute approximate surface area is 129 Å². The van der Waals surface area contributed by atoms with Gasteiger partial charge in [-0.1, -0.05) is 6.07 Å². The monoisotopic (exact) mass is 303 g/mol. The highest BCUT2D eigenvalue weighted by Crippen LogP contribution is 2.24. The molecule has 112 valence electrons. The van der Waals surface area contributed by atoms with Crippen LogP contribution in [0.2, 0.25) is 0 Å². The topological polar surface area (TPSA) is 51.3 Å². The number of carbonyl (C=O) groups is 1. The van der Waals surface area contributed by atoms with E-state index in [-0.39, 0.29) is 11.9 Å². The fourth-order valence-corrected chi connectivity index (χ4v) is 3.76. The van der Waals surface area contributed by atoms with Gasteiger partial charge in [-0.15, -0.1) is 11.3 Å². The molecule has 2 N–H and O–H groups in total. The number of amides is 1. The van der Waals surface area contributed by atoms with Gasteiger partial charge in [0.2, 0.25) is 0 Å². The standard InChI is InChI=1S/C16H21N3OS/c1-12-8-13(9-17)10-19(12)16(20)15-5-2-6-18(15)11-14-4-3-7-21-14/h2-7,12-13H,8-11,17H2,1H3. The van der Waals surface area contributed by atoms with E-state index in [2.05, 4.69) is 18.4 Å². The third-order valence-electron chi connectivity index (χ3n) is 4.21. The van der Waals surface area contributed by atoms with E-state index in [0.29, 0.717) is 12.5 Å². The summed E-state index contributed by atoms with van der Waals surface area (Å²) in [7, 11) is 0. The number of hydrogen-bond acceptors (Lipinski definition) is 3. The normalized spacial score (nSPS) is 21.9. The molecule has 0 saturated carbocycles. The predicted octanol–water partition coefficient (Wildman–Crippen LogP) is 2.41. The highest BCUT2D eigenvalue weighted by atomic mass is 32.1. The Hall–Kier alpha value is -1.59. The third kappa shape index (κ3) is 2.89. The van der Waals surface area contributed by atoms with Gasteiger partial charge in [-0.2, -0.15) is 0 Å². The Kier molecular flexibility index (Phi) is 4.12. The molecule has 1 saturated heterocycles. The van der Waals surface area contributed by atoms with E-state index in [1.54, 1.807) is 11.3 Å². The second-order valence-electron chi connectivity index (χ2n) is 5.74. The van der Waals surface area contributed by atoms with Crippen LogP contribution in [-0.2, 0) is 6.54 Å². The van der Waals surface area contributed by atoms with Crippen molar-refractivity contribution in [2.24, 2.45) is 11.7 Å². The minimum Gasteiger partial charge on any atom is -0.338 e. The summed E-state index contributed by atoms with van der Waals surface area (Å²) < 4.78 is 2.04.